The Morgan fingerprint density at radius 2 is 1.78 bits per heavy atom. The third-order valence-corrected chi connectivity index (χ3v) is 4.36. The third kappa shape index (κ3) is 4.66. The van der Waals surface area contributed by atoms with E-state index in [4.69, 9.17) is 9.26 Å². The molecule has 2 aliphatic heterocycles. The van der Waals surface area contributed by atoms with E-state index in [9.17, 15) is 4.79 Å². The second-order valence-electron chi connectivity index (χ2n) is 6.04. The van der Waals surface area contributed by atoms with Crippen molar-refractivity contribution in [2.75, 3.05) is 70.9 Å². The van der Waals surface area contributed by atoms with Gasteiger partial charge in [0.15, 0.2) is 5.82 Å². The normalized spacial score (nSPS) is 20.7. The Morgan fingerprint density at radius 3 is 2.39 bits per heavy atom. The molecule has 3 heterocycles. The van der Waals surface area contributed by atoms with E-state index < -0.39 is 0 Å². The summed E-state index contributed by atoms with van der Waals surface area (Å²) in [5.41, 5.74) is 0. The Hall–Kier alpha value is -1.64. The molecule has 2 saturated heterocycles. The van der Waals surface area contributed by atoms with Gasteiger partial charge in [-0.3, -0.25) is 15.1 Å². The molecule has 0 unspecified atom stereocenters. The predicted molar refractivity (Wildman–Crippen MR) is 85.5 cm³/mol. The lowest BCUT2D eigenvalue weighted by Gasteiger charge is -2.36. The van der Waals surface area contributed by atoms with Crippen molar-refractivity contribution in [3.8, 4) is 0 Å². The van der Waals surface area contributed by atoms with Crippen molar-refractivity contribution >= 4 is 11.8 Å². The summed E-state index contributed by atoms with van der Waals surface area (Å²) >= 11 is 0. The average Bonchev–Trinajstić information content (AvgIpc) is 2.99. The summed E-state index contributed by atoms with van der Waals surface area (Å²) < 4.78 is 10.3. The number of morpholine rings is 1. The molecule has 8 heteroatoms. The number of hydrogen-bond acceptors (Lipinski definition) is 6. The first-order chi connectivity index (χ1) is 11.2. The molecule has 1 aromatic heterocycles. The SMILES string of the molecule is Cc1cc(NC(=O)N2CCN(CCN3CCOCC3)CC2)no1. The van der Waals surface area contributed by atoms with Crippen molar-refractivity contribution in [2.45, 2.75) is 6.92 Å². The number of anilines is 1. The lowest BCUT2D eigenvalue weighted by Crippen LogP contribution is -2.51. The van der Waals surface area contributed by atoms with Crippen LogP contribution < -0.4 is 5.32 Å². The summed E-state index contributed by atoms with van der Waals surface area (Å²) in [6, 6.07) is 1.61. The number of rotatable bonds is 4. The van der Waals surface area contributed by atoms with Gasteiger partial charge in [-0.1, -0.05) is 5.16 Å². The van der Waals surface area contributed by atoms with Gasteiger partial charge in [0.25, 0.3) is 0 Å². The second kappa shape index (κ2) is 7.76. The maximum Gasteiger partial charge on any atom is 0.323 e. The van der Waals surface area contributed by atoms with Crippen LogP contribution >= 0.6 is 0 Å². The molecular formula is C15H25N5O3. The first-order valence-electron chi connectivity index (χ1n) is 8.22. The highest BCUT2D eigenvalue weighted by atomic mass is 16.5. The van der Waals surface area contributed by atoms with E-state index in [0.717, 1.165) is 65.6 Å². The topological polar surface area (TPSA) is 74.1 Å². The van der Waals surface area contributed by atoms with Crippen LogP contribution in [0.1, 0.15) is 5.76 Å². The van der Waals surface area contributed by atoms with E-state index in [1.54, 1.807) is 13.0 Å². The van der Waals surface area contributed by atoms with Crippen LogP contribution in [0, 0.1) is 6.92 Å². The number of nitrogens with one attached hydrogen (secondary N) is 1. The van der Waals surface area contributed by atoms with E-state index in [-0.39, 0.29) is 6.03 Å². The van der Waals surface area contributed by atoms with Crippen LogP contribution in [0.15, 0.2) is 10.6 Å². The number of aromatic nitrogens is 1. The molecule has 3 rings (SSSR count). The lowest BCUT2D eigenvalue weighted by molar-refractivity contribution is 0.0311. The van der Waals surface area contributed by atoms with Crippen molar-refractivity contribution in [1.29, 1.82) is 0 Å². The van der Waals surface area contributed by atoms with Gasteiger partial charge in [0.1, 0.15) is 5.76 Å². The van der Waals surface area contributed by atoms with Crippen LogP contribution in [0.3, 0.4) is 0 Å². The summed E-state index contributed by atoms with van der Waals surface area (Å²) in [5.74, 6) is 1.16. The molecule has 2 aliphatic rings. The van der Waals surface area contributed by atoms with E-state index in [1.165, 1.54) is 0 Å². The van der Waals surface area contributed by atoms with E-state index >= 15 is 0 Å². The summed E-state index contributed by atoms with van der Waals surface area (Å²) in [6.45, 7) is 11.0. The molecule has 128 valence electrons. The van der Waals surface area contributed by atoms with Crippen LogP contribution in [0.2, 0.25) is 0 Å². The largest absolute Gasteiger partial charge is 0.379 e. The molecule has 23 heavy (non-hydrogen) atoms. The molecule has 0 aliphatic carbocycles. The van der Waals surface area contributed by atoms with Gasteiger partial charge in [-0.05, 0) is 6.92 Å². The van der Waals surface area contributed by atoms with Crippen LogP contribution in [-0.4, -0.2) is 91.5 Å². The van der Waals surface area contributed by atoms with Crippen LogP contribution in [0.25, 0.3) is 0 Å². The van der Waals surface area contributed by atoms with E-state index in [1.807, 2.05) is 4.90 Å². The number of piperazine rings is 1. The quantitative estimate of drug-likeness (QED) is 0.868. The molecule has 0 saturated carbocycles. The number of urea groups is 1. The highest BCUT2D eigenvalue weighted by Crippen LogP contribution is 2.10. The Kier molecular flexibility index (Phi) is 5.47. The average molecular weight is 323 g/mol. The van der Waals surface area contributed by atoms with Gasteiger partial charge in [-0.15, -0.1) is 0 Å². The standard InChI is InChI=1S/C15H25N5O3/c1-13-12-14(17-23-13)16-15(21)20-6-4-18(5-7-20)2-3-19-8-10-22-11-9-19/h12H,2-11H2,1H3,(H,16,17,21). The summed E-state index contributed by atoms with van der Waals surface area (Å²) in [7, 11) is 0. The minimum absolute atomic E-state index is 0.105. The first-order valence-corrected chi connectivity index (χ1v) is 8.22. The minimum Gasteiger partial charge on any atom is -0.379 e. The fourth-order valence-electron chi connectivity index (χ4n) is 2.90. The zero-order valence-electron chi connectivity index (χ0n) is 13.7. The number of hydrogen-bond donors (Lipinski definition) is 1. The second-order valence-corrected chi connectivity index (χ2v) is 6.04. The summed E-state index contributed by atoms with van der Waals surface area (Å²) in [4.78, 5) is 18.9. The van der Waals surface area contributed by atoms with Crippen molar-refractivity contribution < 1.29 is 14.1 Å². The molecule has 0 aromatic carbocycles. The maximum atomic E-state index is 12.2. The number of ether oxygens (including phenoxy) is 1. The third-order valence-electron chi connectivity index (χ3n) is 4.36. The number of aryl methyl sites for hydroxylation is 1. The van der Waals surface area contributed by atoms with Gasteiger partial charge in [0.2, 0.25) is 0 Å². The fraction of sp³-hybridized carbons (Fsp3) is 0.733. The van der Waals surface area contributed by atoms with Gasteiger partial charge in [-0.25, -0.2) is 4.79 Å². The first kappa shape index (κ1) is 16.2. The summed E-state index contributed by atoms with van der Waals surface area (Å²) in [6.07, 6.45) is 0. The monoisotopic (exact) mass is 323 g/mol. The smallest absolute Gasteiger partial charge is 0.323 e. The molecule has 0 bridgehead atoms. The van der Waals surface area contributed by atoms with Gasteiger partial charge in [0.05, 0.1) is 13.2 Å². The molecule has 1 aromatic rings. The van der Waals surface area contributed by atoms with Crippen molar-refractivity contribution in [3.05, 3.63) is 11.8 Å². The Morgan fingerprint density at radius 1 is 1.13 bits per heavy atom. The highest BCUT2D eigenvalue weighted by Gasteiger charge is 2.22. The molecule has 2 amide bonds. The van der Waals surface area contributed by atoms with Crippen molar-refractivity contribution in [1.82, 2.24) is 19.9 Å². The zero-order valence-corrected chi connectivity index (χ0v) is 13.7. The number of nitrogens with zero attached hydrogens (tertiary/aromatic N) is 4. The van der Waals surface area contributed by atoms with E-state index in [2.05, 4.69) is 20.3 Å². The molecule has 2 fully saturated rings. The maximum absolute atomic E-state index is 12.2. The van der Waals surface area contributed by atoms with Crippen LogP contribution in [0.4, 0.5) is 10.6 Å². The molecule has 0 spiro atoms. The lowest BCUT2D eigenvalue weighted by atomic mass is 10.3. The Bertz CT molecular complexity index is 507. The van der Waals surface area contributed by atoms with Crippen molar-refractivity contribution in [3.63, 3.8) is 0 Å². The van der Waals surface area contributed by atoms with Crippen molar-refractivity contribution in [2.24, 2.45) is 0 Å². The van der Waals surface area contributed by atoms with E-state index in [0.29, 0.717) is 11.6 Å². The molecule has 1 N–H and O–H groups in total. The minimum atomic E-state index is -0.105. The fourth-order valence-corrected chi connectivity index (χ4v) is 2.90. The van der Waals surface area contributed by atoms with Gasteiger partial charge in [0, 0.05) is 58.4 Å². The highest BCUT2D eigenvalue weighted by molar-refractivity contribution is 5.88. The Balaban J connectivity index is 1.36. The molecule has 0 radical (unpaired) electrons. The van der Waals surface area contributed by atoms with Gasteiger partial charge in [-0.2, -0.15) is 0 Å². The summed E-state index contributed by atoms with van der Waals surface area (Å²) in [5, 5.41) is 6.56. The number of amides is 2. The molecule has 8 nitrogen and oxygen atoms in total. The zero-order chi connectivity index (χ0) is 16.1. The Labute approximate surface area is 136 Å². The van der Waals surface area contributed by atoms with Crippen LogP contribution in [-0.2, 0) is 4.74 Å². The van der Waals surface area contributed by atoms with Crippen LogP contribution in [0.5, 0.6) is 0 Å². The molecule has 0 atom stereocenters. The predicted octanol–water partition coefficient (Wildman–Crippen LogP) is 0.465. The number of carbonyl (C=O) groups excluding carboxylic acids is 1. The van der Waals surface area contributed by atoms with Gasteiger partial charge < -0.3 is 14.2 Å². The van der Waals surface area contributed by atoms with Gasteiger partial charge >= 0.3 is 6.03 Å². The number of carbonyl (C=O) groups is 1. The molecular weight excluding hydrogens is 298 g/mol.